The van der Waals surface area contributed by atoms with E-state index in [0.717, 1.165) is 46.9 Å². The highest BCUT2D eigenvalue weighted by Crippen LogP contribution is 2.29. The van der Waals surface area contributed by atoms with Crippen LogP contribution in [0, 0.1) is 0 Å². The van der Waals surface area contributed by atoms with E-state index >= 15 is 0 Å². The van der Waals surface area contributed by atoms with Crippen LogP contribution in [0.4, 0.5) is 0 Å². The summed E-state index contributed by atoms with van der Waals surface area (Å²) in [4.78, 5) is 4.89. The van der Waals surface area contributed by atoms with Crippen molar-refractivity contribution in [3.63, 3.8) is 0 Å². The van der Waals surface area contributed by atoms with Gasteiger partial charge in [-0.2, -0.15) is 0 Å². The van der Waals surface area contributed by atoms with Gasteiger partial charge in [-0.15, -0.1) is 0 Å². The number of hydrogen-bond donors (Lipinski definition) is 0. The lowest BCUT2D eigenvalue weighted by molar-refractivity contribution is 0.354. The summed E-state index contributed by atoms with van der Waals surface area (Å²) >= 11 is 0. The van der Waals surface area contributed by atoms with Gasteiger partial charge in [-0.25, -0.2) is 4.98 Å². The standard InChI is InChI=1S/C23H22N2O2/c1-26-21-13-12-18(14-22(21)27-2)16-25-20-11-7-6-10-19(20)24-23(25)15-17-8-4-3-5-9-17/h3-14H,15-16H2,1-2H3. The molecule has 136 valence electrons. The van der Waals surface area contributed by atoms with E-state index in [1.807, 2.05) is 24.3 Å². The molecule has 0 radical (unpaired) electrons. The zero-order chi connectivity index (χ0) is 18.6. The normalized spacial score (nSPS) is 10.9. The van der Waals surface area contributed by atoms with E-state index in [1.54, 1.807) is 14.2 Å². The Bertz CT molecular complexity index is 1050. The Kier molecular flexibility index (Phi) is 4.79. The largest absolute Gasteiger partial charge is 0.493 e. The molecule has 0 aliphatic heterocycles. The lowest BCUT2D eigenvalue weighted by Crippen LogP contribution is -2.06. The third kappa shape index (κ3) is 3.51. The monoisotopic (exact) mass is 358 g/mol. The number of methoxy groups -OCH3 is 2. The van der Waals surface area contributed by atoms with Crippen LogP contribution in [0.5, 0.6) is 11.5 Å². The summed E-state index contributed by atoms with van der Waals surface area (Å²) in [5.74, 6) is 2.53. The molecule has 4 aromatic rings. The van der Waals surface area contributed by atoms with Gasteiger partial charge in [0.05, 0.1) is 25.3 Å². The van der Waals surface area contributed by atoms with Crippen molar-refractivity contribution < 1.29 is 9.47 Å². The Morgan fingerprint density at radius 1 is 0.778 bits per heavy atom. The van der Waals surface area contributed by atoms with Gasteiger partial charge in [0.1, 0.15) is 5.82 Å². The number of rotatable bonds is 6. The molecule has 0 unspecified atom stereocenters. The van der Waals surface area contributed by atoms with E-state index in [4.69, 9.17) is 14.5 Å². The first-order valence-corrected chi connectivity index (χ1v) is 8.97. The maximum Gasteiger partial charge on any atom is 0.161 e. The third-order valence-electron chi connectivity index (χ3n) is 4.73. The zero-order valence-electron chi connectivity index (χ0n) is 15.6. The van der Waals surface area contributed by atoms with Gasteiger partial charge >= 0.3 is 0 Å². The molecular formula is C23H22N2O2. The smallest absolute Gasteiger partial charge is 0.161 e. The van der Waals surface area contributed by atoms with Crippen molar-refractivity contribution in [3.05, 3.63) is 89.7 Å². The predicted octanol–water partition coefficient (Wildman–Crippen LogP) is 4.69. The predicted molar refractivity (Wildman–Crippen MR) is 108 cm³/mol. The van der Waals surface area contributed by atoms with Crippen LogP contribution < -0.4 is 9.47 Å². The Hall–Kier alpha value is -3.27. The van der Waals surface area contributed by atoms with E-state index in [1.165, 1.54) is 5.56 Å². The first-order chi connectivity index (χ1) is 13.3. The lowest BCUT2D eigenvalue weighted by Gasteiger charge is -2.13. The minimum atomic E-state index is 0.725. The molecule has 0 aliphatic rings. The lowest BCUT2D eigenvalue weighted by atomic mass is 10.1. The van der Waals surface area contributed by atoms with Crippen molar-refractivity contribution in [2.75, 3.05) is 14.2 Å². The number of aromatic nitrogens is 2. The number of benzene rings is 3. The first kappa shape index (κ1) is 17.2. The molecule has 0 saturated carbocycles. The number of hydrogen-bond acceptors (Lipinski definition) is 3. The second-order valence-corrected chi connectivity index (χ2v) is 6.45. The van der Waals surface area contributed by atoms with Crippen LogP contribution in [-0.4, -0.2) is 23.8 Å². The van der Waals surface area contributed by atoms with Gasteiger partial charge in [0.25, 0.3) is 0 Å². The van der Waals surface area contributed by atoms with Crippen molar-refractivity contribution in [2.45, 2.75) is 13.0 Å². The SMILES string of the molecule is COc1ccc(Cn2c(Cc3ccccc3)nc3ccccc32)cc1OC. The second kappa shape index (κ2) is 7.54. The molecule has 0 atom stereocenters. The minimum Gasteiger partial charge on any atom is -0.493 e. The Labute approximate surface area is 159 Å². The fraction of sp³-hybridized carbons (Fsp3) is 0.174. The van der Waals surface area contributed by atoms with Crippen LogP contribution in [0.2, 0.25) is 0 Å². The summed E-state index contributed by atoms with van der Waals surface area (Å²) < 4.78 is 13.1. The van der Waals surface area contributed by atoms with Crippen molar-refractivity contribution >= 4 is 11.0 Å². The maximum absolute atomic E-state index is 5.46. The summed E-state index contributed by atoms with van der Waals surface area (Å²) in [6.07, 6.45) is 0.794. The molecule has 3 aromatic carbocycles. The number of imidazole rings is 1. The van der Waals surface area contributed by atoms with Crippen LogP contribution in [-0.2, 0) is 13.0 Å². The van der Waals surface area contributed by atoms with Gasteiger partial charge in [0, 0.05) is 13.0 Å². The van der Waals surface area contributed by atoms with E-state index in [2.05, 4.69) is 53.1 Å². The van der Waals surface area contributed by atoms with Crippen LogP contribution in [0.25, 0.3) is 11.0 Å². The average molecular weight is 358 g/mol. The minimum absolute atomic E-state index is 0.725. The molecule has 27 heavy (non-hydrogen) atoms. The van der Waals surface area contributed by atoms with Gasteiger partial charge in [-0.05, 0) is 35.4 Å². The summed E-state index contributed by atoms with van der Waals surface area (Å²) in [7, 11) is 3.31. The topological polar surface area (TPSA) is 36.3 Å². The molecule has 1 heterocycles. The molecule has 4 heteroatoms. The van der Waals surface area contributed by atoms with Gasteiger partial charge in [0.15, 0.2) is 11.5 Å². The van der Waals surface area contributed by atoms with Crippen LogP contribution in [0.1, 0.15) is 17.0 Å². The molecule has 4 rings (SSSR count). The summed E-state index contributed by atoms with van der Waals surface area (Å²) in [5, 5.41) is 0. The molecule has 4 nitrogen and oxygen atoms in total. The Morgan fingerprint density at radius 2 is 1.52 bits per heavy atom. The molecule has 0 N–H and O–H groups in total. The van der Waals surface area contributed by atoms with E-state index in [0.29, 0.717) is 0 Å². The molecule has 0 amide bonds. The van der Waals surface area contributed by atoms with Gasteiger partial charge < -0.3 is 14.0 Å². The molecule has 1 aromatic heterocycles. The number of fused-ring (bicyclic) bond motifs is 1. The zero-order valence-corrected chi connectivity index (χ0v) is 15.6. The summed E-state index contributed by atoms with van der Waals surface area (Å²) in [6.45, 7) is 0.725. The van der Waals surface area contributed by atoms with Gasteiger partial charge in [-0.3, -0.25) is 0 Å². The molecule has 0 saturated heterocycles. The van der Waals surface area contributed by atoms with Gasteiger partial charge in [-0.1, -0.05) is 48.5 Å². The highest BCUT2D eigenvalue weighted by Gasteiger charge is 2.13. The third-order valence-corrected chi connectivity index (χ3v) is 4.73. The number of para-hydroxylation sites is 2. The molecule has 0 spiro atoms. The van der Waals surface area contributed by atoms with Gasteiger partial charge in [0.2, 0.25) is 0 Å². The van der Waals surface area contributed by atoms with Crippen LogP contribution in [0.15, 0.2) is 72.8 Å². The average Bonchev–Trinajstić information content (AvgIpc) is 3.05. The fourth-order valence-electron chi connectivity index (χ4n) is 3.38. The summed E-state index contributed by atoms with van der Waals surface area (Å²) in [6, 6.07) is 24.8. The molecule has 0 bridgehead atoms. The summed E-state index contributed by atoms with van der Waals surface area (Å²) in [5.41, 5.74) is 4.55. The Balaban J connectivity index is 1.75. The highest BCUT2D eigenvalue weighted by molar-refractivity contribution is 5.76. The first-order valence-electron chi connectivity index (χ1n) is 8.97. The van der Waals surface area contributed by atoms with Crippen molar-refractivity contribution in [3.8, 4) is 11.5 Å². The molecular weight excluding hydrogens is 336 g/mol. The van der Waals surface area contributed by atoms with Crippen molar-refractivity contribution in [2.24, 2.45) is 0 Å². The van der Waals surface area contributed by atoms with Crippen LogP contribution in [0.3, 0.4) is 0 Å². The van der Waals surface area contributed by atoms with E-state index in [9.17, 15) is 0 Å². The fourth-order valence-corrected chi connectivity index (χ4v) is 3.38. The van der Waals surface area contributed by atoms with Crippen LogP contribution >= 0.6 is 0 Å². The molecule has 0 aliphatic carbocycles. The van der Waals surface area contributed by atoms with Crippen molar-refractivity contribution in [1.82, 2.24) is 9.55 Å². The second-order valence-electron chi connectivity index (χ2n) is 6.45. The Morgan fingerprint density at radius 3 is 2.30 bits per heavy atom. The van der Waals surface area contributed by atoms with E-state index < -0.39 is 0 Å². The van der Waals surface area contributed by atoms with Crippen molar-refractivity contribution in [1.29, 1.82) is 0 Å². The maximum atomic E-state index is 5.46. The molecule has 0 fully saturated rings. The number of ether oxygens (including phenoxy) is 2. The highest BCUT2D eigenvalue weighted by atomic mass is 16.5. The quantitative estimate of drug-likeness (QED) is 0.501. The van der Waals surface area contributed by atoms with E-state index in [-0.39, 0.29) is 0 Å². The number of nitrogens with zero attached hydrogens (tertiary/aromatic N) is 2.